The number of rotatable bonds is 6. The first-order valence-corrected chi connectivity index (χ1v) is 6.31. The number of benzene rings is 1. The van der Waals surface area contributed by atoms with E-state index < -0.39 is 0 Å². The number of amides is 1. The fourth-order valence-electron chi connectivity index (χ4n) is 1.98. The van der Waals surface area contributed by atoms with Gasteiger partial charge in [0, 0.05) is 31.4 Å². The smallest absolute Gasteiger partial charge is 0.242 e. The zero-order chi connectivity index (χ0) is 13.5. The van der Waals surface area contributed by atoms with Gasteiger partial charge in [0.05, 0.1) is 13.2 Å². The first-order chi connectivity index (χ1) is 8.63. The Labute approximate surface area is 109 Å². The van der Waals surface area contributed by atoms with Gasteiger partial charge in [-0.2, -0.15) is 0 Å². The molecule has 1 aromatic carbocycles. The van der Waals surface area contributed by atoms with Crippen molar-refractivity contribution in [3.05, 3.63) is 29.8 Å². The Morgan fingerprint density at radius 3 is 2.39 bits per heavy atom. The standard InChI is InChI=1S/C14H22N2O2/c1-4-16(5-2)14(18)10-15(3)13-9-7-6-8-12(13)11-17/h6-9,17H,4-5,10-11H2,1-3H3. The predicted molar refractivity (Wildman–Crippen MR) is 73.6 cm³/mol. The lowest BCUT2D eigenvalue weighted by Crippen LogP contribution is -2.39. The van der Waals surface area contributed by atoms with Crippen LogP contribution in [0.3, 0.4) is 0 Å². The van der Waals surface area contributed by atoms with E-state index in [0.717, 1.165) is 24.3 Å². The summed E-state index contributed by atoms with van der Waals surface area (Å²) in [6.45, 7) is 5.72. The van der Waals surface area contributed by atoms with Crippen LogP contribution in [0.4, 0.5) is 5.69 Å². The van der Waals surface area contributed by atoms with Gasteiger partial charge in [-0.3, -0.25) is 4.79 Å². The second-order valence-corrected chi connectivity index (χ2v) is 4.21. The van der Waals surface area contributed by atoms with Crippen molar-refractivity contribution in [1.29, 1.82) is 0 Å². The van der Waals surface area contributed by atoms with Crippen molar-refractivity contribution in [2.75, 3.05) is 31.6 Å². The van der Waals surface area contributed by atoms with Crippen molar-refractivity contribution in [2.45, 2.75) is 20.5 Å². The molecule has 0 bridgehead atoms. The summed E-state index contributed by atoms with van der Waals surface area (Å²) >= 11 is 0. The van der Waals surface area contributed by atoms with Crippen LogP contribution < -0.4 is 4.90 Å². The lowest BCUT2D eigenvalue weighted by molar-refractivity contribution is -0.129. The van der Waals surface area contributed by atoms with Gasteiger partial charge in [-0.25, -0.2) is 0 Å². The molecule has 4 nitrogen and oxygen atoms in total. The Morgan fingerprint density at radius 1 is 1.22 bits per heavy atom. The molecule has 0 spiro atoms. The summed E-state index contributed by atoms with van der Waals surface area (Å²) in [6, 6.07) is 7.58. The molecule has 1 rings (SSSR count). The topological polar surface area (TPSA) is 43.8 Å². The van der Waals surface area contributed by atoms with Crippen LogP contribution in [0.15, 0.2) is 24.3 Å². The summed E-state index contributed by atoms with van der Waals surface area (Å²) in [6.07, 6.45) is 0. The van der Waals surface area contributed by atoms with Crippen molar-refractivity contribution >= 4 is 11.6 Å². The first-order valence-electron chi connectivity index (χ1n) is 6.31. The summed E-state index contributed by atoms with van der Waals surface area (Å²) in [5.74, 6) is 0.107. The molecular formula is C14H22N2O2. The molecule has 0 unspecified atom stereocenters. The average molecular weight is 250 g/mol. The molecular weight excluding hydrogens is 228 g/mol. The van der Waals surface area contributed by atoms with Crippen LogP contribution in [0.1, 0.15) is 19.4 Å². The number of likely N-dealkylation sites (N-methyl/N-ethyl adjacent to an activating group) is 2. The van der Waals surface area contributed by atoms with Gasteiger partial charge in [-0.1, -0.05) is 18.2 Å². The number of aliphatic hydroxyl groups is 1. The van der Waals surface area contributed by atoms with Gasteiger partial charge in [0.1, 0.15) is 0 Å². The second-order valence-electron chi connectivity index (χ2n) is 4.21. The highest BCUT2D eigenvalue weighted by Gasteiger charge is 2.14. The van der Waals surface area contributed by atoms with Crippen LogP contribution in [0.25, 0.3) is 0 Å². The van der Waals surface area contributed by atoms with Crippen molar-refractivity contribution in [1.82, 2.24) is 4.90 Å². The van der Waals surface area contributed by atoms with Gasteiger partial charge < -0.3 is 14.9 Å². The van der Waals surface area contributed by atoms with E-state index in [9.17, 15) is 9.90 Å². The van der Waals surface area contributed by atoms with Crippen LogP contribution >= 0.6 is 0 Å². The molecule has 0 aromatic heterocycles. The molecule has 1 aromatic rings. The summed E-state index contributed by atoms with van der Waals surface area (Å²) < 4.78 is 0. The summed E-state index contributed by atoms with van der Waals surface area (Å²) in [5.41, 5.74) is 1.74. The van der Waals surface area contributed by atoms with Crippen LogP contribution in [0.2, 0.25) is 0 Å². The number of para-hydroxylation sites is 1. The first kappa shape index (κ1) is 14.5. The fourth-order valence-corrected chi connectivity index (χ4v) is 1.98. The Hall–Kier alpha value is -1.55. The van der Waals surface area contributed by atoms with Gasteiger partial charge in [-0.15, -0.1) is 0 Å². The van der Waals surface area contributed by atoms with E-state index in [2.05, 4.69) is 0 Å². The minimum absolute atomic E-state index is 0.0139. The van der Waals surface area contributed by atoms with Gasteiger partial charge in [0.25, 0.3) is 0 Å². The number of hydrogen-bond acceptors (Lipinski definition) is 3. The highest BCUT2D eigenvalue weighted by atomic mass is 16.3. The third-order valence-electron chi connectivity index (χ3n) is 3.06. The third-order valence-corrected chi connectivity index (χ3v) is 3.06. The van der Waals surface area contributed by atoms with Crippen LogP contribution in [-0.4, -0.2) is 42.6 Å². The second kappa shape index (κ2) is 7.01. The number of aliphatic hydroxyl groups excluding tert-OH is 1. The minimum Gasteiger partial charge on any atom is -0.392 e. The molecule has 0 saturated carbocycles. The maximum Gasteiger partial charge on any atom is 0.242 e. The number of nitrogens with zero attached hydrogens (tertiary/aromatic N) is 2. The summed E-state index contributed by atoms with van der Waals surface area (Å²) in [5, 5.41) is 9.28. The largest absolute Gasteiger partial charge is 0.392 e. The van der Waals surface area contributed by atoms with E-state index in [4.69, 9.17) is 0 Å². The molecule has 0 saturated heterocycles. The molecule has 18 heavy (non-hydrogen) atoms. The molecule has 1 N–H and O–H groups in total. The molecule has 0 heterocycles. The van der Waals surface area contributed by atoms with Gasteiger partial charge in [0.15, 0.2) is 0 Å². The van der Waals surface area contributed by atoms with E-state index in [0.29, 0.717) is 6.54 Å². The molecule has 0 fully saturated rings. The van der Waals surface area contributed by atoms with E-state index in [-0.39, 0.29) is 12.5 Å². The zero-order valence-electron chi connectivity index (χ0n) is 11.4. The van der Waals surface area contributed by atoms with Crippen molar-refractivity contribution < 1.29 is 9.90 Å². The number of hydrogen-bond donors (Lipinski definition) is 1. The van der Waals surface area contributed by atoms with Crippen LogP contribution in [0, 0.1) is 0 Å². The maximum atomic E-state index is 12.0. The zero-order valence-corrected chi connectivity index (χ0v) is 11.4. The molecule has 1 amide bonds. The quantitative estimate of drug-likeness (QED) is 0.831. The summed E-state index contributed by atoms with van der Waals surface area (Å²) in [7, 11) is 1.87. The van der Waals surface area contributed by atoms with Crippen molar-refractivity contribution in [3.8, 4) is 0 Å². The molecule has 0 aliphatic carbocycles. The van der Waals surface area contributed by atoms with Gasteiger partial charge in [0.2, 0.25) is 5.91 Å². The molecule has 0 radical (unpaired) electrons. The van der Waals surface area contributed by atoms with E-state index in [1.54, 1.807) is 4.90 Å². The minimum atomic E-state index is -0.0139. The highest BCUT2D eigenvalue weighted by Crippen LogP contribution is 2.18. The molecule has 0 aliphatic heterocycles. The van der Waals surface area contributed by atoms with E-state index in [1.807, 2.05) is 50.1 Å². The lowest BCUT2D eigenvalue weighted by atomic mass is 10.1. The van der Waals surface area contributed by atoms with Crippen LogP contribution in [0.5, 0.6) is 0 Å². The molecule has 100 valence electrons. The van der Waals surface area contributed by atoms with E-state index >= 15 is 0 Å². The normalized spacial score (nSPS) is 10.2. The lowest BCUT2D eigenvalue weighted by Gasteiger charge is -2.25. The Balaban J connectivity index is 2.76. The maximum absolute atomic E-state index is 12.0. The van der Waals surface area contributed by atoms with Crippen LogP contribution in [-0.2, 0) is 11.4 Å². The monoisotopic (exact) mass is 250 g/mol. The number of carbonyl (C=O) groups excluding carboxylic acids is 1. The number of anilines is 1. The molecule has 0 atom stereocenters. The number of carbonyl (C=O) groups is 1. The van der Waals surface area contributed by atoms with E-state index in [1.165, 1.54) is 0 Å². The molecule has 4 heteroatoms. The van der Waals surface area contributed by atoms with Crippen molar-refractivity contribution in [3.63, 3.8) is 0 Å². The fraction of sp³-hybridized carbons (Fsp3) is 0.500. The average Bonchev–Trinajstić information content (AvgIpc) is 2.40. The SMILES string of the molecule is CCN(CC)C(=O)CN(C)c1ccccc1CO. The Bertz CT molecular complexity index is 389. The Kier molecular flexibility index (Phi) is 5.65. The highest BCUT2D eigenvalue weighted by molar-refractivity contribution is 5.81. The summed E-state index contributed by atoms with van der Waals surface area (Å²) in [4.78, 5) is 15.7. The van der Waals surface area contributed by atoms with Crippen molar-refractivity contribution in [2.24, 2.45) is 0 Å². The Morgan fingerprint density at radius 2 is 1.83 bits per heavy atom. The van der Waals surface area contributed by atoms with Gasteiger partial charge >= 0.3 is 0 Å². The van der Waals surface area contributed by atoms with Gasteiger partial charge in [-0.05, 0) is 19.9 Å². The predicted octanol–water partition coefficient (Wildman–Crippen LogP) is 1.48. The molecule has 0 aliphatic rings. The third kappa shape index (κ3) is 3.47.